The normalized spacial score (nSPS) is 14.1. The highest BCUT2D eigenvalue weighted by Gasteiger charge is 2.16. The predicted molar refractivity (Wildman–Crippen MR) is 101 cm³/mol. The van der Waals surface area contributed by atoms with Crippen LogP contribution in [0.2, 0.25) is 5.02 Å². The lowest BCUT2D eigenvalue weighted by molar-refractivity contribution is -0.121. The van der Waals surface area contributed by atoms with Gasteiger partial charge in [-0.3, -0.25) is 4.79 Å². The third-order valence-corrected chi connectivity index (χ3v) is 4.28. The molecule has 26 heavy (non-hydrogen) atoms. The Morgan fingerprint density at radius 3 is 2.92 bits per heavy atom. The summed E-state index contributed by atoms with van der Waals surface area (Å²) in [5.41, 5.74) is 0.999. The van der Waals surface area contributed by atoms with E-state index >= 15 is 0 Å². The Hall–Kier alpha value is -2.31. The third-order valence-electron chi connectivity index (χ3n) is 4.05. The van der Waals surface area contributed by atoms with E-state index in [0.717, 1.165) is 24.5 Å². The van der Waals surface area contributed by atoms with Crippen LogP contribution < -0.4 is 15.0 Å². The van der Waals surface area contributed by atoms with Crippen LogP contribution in [0.4, 0.5) is 5.82 Å². The van der Waals surface area contributed by atoms with Crippen LogP contribution in [0.1, 0.15) is 12.0 Å². The van der Waals surface area contributed by atoms with Gasteiger partial charge in [-0.2, -0.15) is 0 Å². The number of carbonyl (C=O) groups excluding carboxylic acids is 1. The van der Waals surface area contributed by atoms with Gasteiger partial charge < -0.3 is 19.7 Å². The summed E-state index contributed by atoms with van der Waals surface area (Å²) in [6.45, 7) is 3.76. The van der Waals surface area contributed by atoms with Gasteiger partial charge in [-0.25, -0.2) is 4.98 Å². The van der Waals surface area contributed by atoms with Crippen LogP contribution in [0.15, 0.2) is 42.6 Å². The Balaban J connectivity index is 1.47. The van der Waals surface area contributed by atoms with E-state index in [9.17, 15) is 4.79 Å². The number of benzene rings is 1. The average molecular weight is 376 g/mol. The Kier molecular flexibility index (Phi) is 6.68. The third kappa shape index (κ3) is 5.34. The fourth-order valence-corrected chi connectivity index (χ4v) is 2.91. The van der Waals surface area contributed by atoms with E-state index in [1.54, 1.807) is 18.3 Å². The molecule has 3 rings (SSSR count). The van der Waals surface area contributed by atoms with E-state index in [4.69, 9.17) is 21.1 Å². The first-order valence-electron chi connectivity index (χ1n) is 8.64. The molecule has 0 bridgehead atoms. The number of hydrogen-bond donors (Lipinski definition) is 1. The summed E-state index contributed by atoms with van der Waals surface area (Å²) in [6, 6.07) is 11.0. The van der Waals surface area contributed by atoms with Gasteiger partial charge in [0.2, 0.25) is 5.91 Å². The average Bonchev–Trinajstić information content (AvgIpc) is 2.67. The smallest absolute Gasteiger partial charge is 0.223 e. The van der Waals surface area contributed by atoms with Crippen LogP contribution >= 0.6 is 11.6 Å². The summed E-state index contributed by atoms with van der Waals surface area (Å²) in [7, 11) is 0. The highest BCUT2D eigenvalue weighted by molar-refractivity contribution is 6.30. The molecular formula is C19H22ClN3O3. The summed E-state index contributed by atoms with van der Waals surface area (Å²) in [5.74, 6) is 1.50. The topological polar surface area (TPSA) is 63.7 Å². The van der Waals surface area contributed by atoms with Crippen molar-refractivity contribution in [3.05, 3.63) is 53.2 Å². The van der Waals surface area contributed by atoms with E-state index < -0.39 is 0 Å². The molecule has 1 aromatic heterocycles. The maximum Gasteiger partial charge on any atom is 0.223 e. The number of pyridine rings is 1. The molecular weight excluding hydrogens is 354 g/mol. The molecule has 0 saturated carbocycles. The molecule has 0 spiro atoms. The number of rotatable bonds is 7. The first kappa shape index (κ1) is 18.5. The van der Waals surface area contributed by atoms with E-state index in [1.165, 1.54) is 0 Å². The molecule has 1 amide bonds. The molecule has 7 heteroatoms. The van der Waals surface area contributed by atoms with Gasteiger partial charge in [0.15, 0.2) is 0 Å². The lowest BCUT2D eigenvalue weighted by Crippen LogP contribution is -2.37. The number of amides is 1. The van der Waals surface area contributed by atoms with Crippen LogP contribution in [-0.2, 0) is 16.1 Å². The molecule has 1 fully saturated rings. The second-order valence-corrected chi connectivity index (χ2v) is 6.35. The van der Waals surface area contributed by atoms with Gasteiger partial charge in [-0.15, -0.1) is 0 Å². The van der Waals surface area contributed by atoms with E-state index in [0.29, 0.717) is 37.1 Å². The molecule has 2 aromatic rings. The number of ether oxygens (including phenoxy) is 2. The van der Waals surface area contributed by atoms with Crippen molar-refractivity contribution in [2.24, 2.45) is 0 Å². The minimum atomic E-state index is -0.0659. The molecule has 1 aromatic carbocycles. The second kappa shape index (κ2) is 9.40. The van der Waals surface area contributed by atoms with Crippen molar-refractivity contribution >= 4 is 23.3 Å². The van der Waals surface area contributed by atoms with E-state index in [2.05, 4.69) is 15.2 Å². The molecule has 0 radical (unpaired) electrons. The largest absolute Gasteiger partial charge is 0.493 e. The Morgan fingerprint density at radius 2 is 2.12 bits per heavy atom. The number of aromatic nitrogens is 1. The maximum absolute atomic E-state index is 12.1. The predicted octanol–water partition coefficient (Wildman–Crippen LogP) is 2.66. The summed E-state index contributed by atoms with van der Waals surface area (Å²) in [5, 5.41) is 3.54. The molecule has 2 heterocycles. The van der Waals surface area contributed by atoms with Gasteiger partial charge in [0.1, 0.15) is 11.6 Å². The van der Waals surface area contributed by atoms with Crippen molar-refractivity contribution in [2.45, 2.75) is 13.0 Å². The van der Waals surface area contributed by atoms with Crippen molar-refractivity contribution in [1.29, 1.82) is 0 Å². The monoisotopic (exact) mass is 375 g/mol. The lowest BCUT2D eigenvalue weighted by atomic mass is 10.2. The maximum atomic E-state index is 12.1. The minimum Gasteiger partial charge on any atom is -0.493 e. The van der Waals surface area contributed by atoms with Crippen molar-refractivity contribution in [3.63, 3.8) is 0 Å². The van der Waals surface area contributed by atoms with Gasteiger partial charge in [0, 0.05) is 36.4 Å². The Morgan fingerprint density at radius 1 is 1.27 bits per heavy atom. The molecule has 138 valence electrons. The van der Waals surface area contributed by atoms with Gasteiger partial charge in [-0.05, 0) is 24.3 Å². The standard InChI is InChI=1S/C19H22ClN3O3/c20-16-4-1-5-17(13-16)26-10-6-18(24)22-14-15-3-2-7-21-19(15)23-8-11-25-12-9-23/h1-5,7,13H,6,8-12,14H2,(H,22,24). The first-order chi connectivity index (χ1) is 12.7. The zero-order valence-electron chi connectivity index (χ0n) is 14.5. The van der Waals surface area contributed by atoms with Gasteiger partial charge in [-0.1, -0.05) is 23.7 Å². The van der Waals surface area contributed by atoms with Crippen LogP contribution in [0.5, 0.6) is 5.75 Å². The Labute approximate surface area is 158 Å². The highest BCUT2D eigenvalue weighted by Crippen LogP contribution is 2.19. The van der Waals surface area contributed by atoms with E-state index in [-0.39, 0.29) is 12.3 Å². The van der Waals surface area contributed by atoms with Gasteiger partial charge in [0.25, 0.3) is 0 Å². The van der Waals surface area contributed by atoms with E-state index in [1.807, 2.05) is 24.3 Å². The number of halogens is 1. The number of carbonyl (C=O) groups is 1. The fraction of sp³-hybridized carbons (Fsp3) is 0.368. The summed E-state index contributed by atoms with van der Waals surface area (Å²) >= 11 is 5.91. The van der Waals surface area contributed by atoms with Crippen molar-refractivity contribution in [2.75, 3.05) is 37.8 Å². The fourth-order valence-electron chi connectivity index (χ4n) is 2.73. The van der Waals surface area contributed by atoms with Crippen molar-refractivity contribution < 1.29 is 14.3 Å². The van der Waals surface area contributed by atoms with Crippen LogP contribution in [0, 0.1) is 0 Å². The number of morpholine rings is 1. The lowest BCUT2D eigenvalue weighted by Gasteiger charge is -2.29. The van der Waals surface area contributed by atoms with Crippen LogP contribution in [0.25, 0.3) is 0 Å². The SMILES string of the molecule is O=C(CCOc1cccc(Cl)c1)NCc1cccnc1N1CCOCC1. The quantitative estimate of drug-likeness (QED) is 0.806. The number of anilines is 1. The molecule has 0 unspecified atom stereocenters. The molecule has 0 atom stereocenters. The summed E-state index contributed by atoms with van der Waals surface area (Å²) < 4.78 is 10.9. The molecule has 1 saturated heterocycles. The zero-order valence-corrected chi connectivity index (χ0v) is 15.2. The number of nitrogens with zero attached hydrogens (tertiary/aromatic N) is 2. The molecule has 1 aliphatic rings. The van der Waals surface area contributed by atoms with Gasteiger partial charge in [0.05, 0.1) is 26.2 Å². The second-order valence-electron chi connectivity index (χ2n) is 5.92. The molecule has 6 nitrogen and oxygen atoms in total. The summed E-state index contributed by atoms with van der Waals surface area (Å²) in [4.78, 5) is 18.7. The first-order valence-corrected chi connectivity index (χ1v) is 9.02. The van der Waals surface area contributed by atoms with Crippen molar-refractivity contribution in [1.82, 2.24) is 10.3 Å². The van der Waals surface area contributed by atoms with Crippen LogP contribution in [0.3, 0.4) is 0 Å². The highest BCUT2D eigenvalue weighted by atomic mass is 35.5. The summed E-state index contributed by atoms with van der Waals surface area (Å²) in [6.07, 6.45) is 2.05. The molecule has 1 N–H and O–H groups in total. The van der Waals surface area contributed by atoms with Crippen molar-refractivity contribution in [3.8, 4) is 5.75 Å². The van der Waals surface area contributed by atoms with Crippen LogP contribution in [-0.4, -0.2) is 43.8 Å². The van der Waals surface area contributed by atoms with Gasteiger partial charge >= 0.3 is 0 Å². The number of nitrogens with one attached hydrogen (secondary N) is 1. The molecule has 0 aliphatic carbocycles. The minimum absolute atomic E-state index is 0.0659. The molecule has 1 aliphatic heterocycles. The zero-order chi connectivity index (χ0) is 18.2. The Bertz CT molecular complexity index is 735. The number of hydrogen-bond acceptors (Lipinski definition) is 5.